The Morgan fingerprint density at radius 3 is 2.37 bits per heavy atom. The molecule has 2 rings (SSSR count). The molecule has 0 saturated carbocycles. The van der Waals surface area contributed by atoms with Gasteiger partial charge in [0, 0.05) is 17.0 Å². The van der Waals surface area contributed by atoms with Gasteiger partial charge in [0.15, 0.2) is 0 Å². The number of hydrogen-bond acceptors (Lipinski definition) is 7. The van der Waals surface area contributed by atoms with E-state index in [1.807, 2.05) is 6.26 Å². The first-order chi connectivity index (χ1) is 12.7. The quantitative estimate of drug-likeness (QED) is 0.398. The summed E-state index contributed by atoms with van der Waals surface area (Å²) >= 11 is 1.42. The average Bonchev–Trinajstić information content (AvgIpc) is 2.65. The normalized spacial score (nSPS) is 11.0. The second-order valence-corrected chi connectivity index (χ2v) is 7.94. The highest BCUT2D eigenvalue weighted by Gasteiger charge is 2.30. The molecule has 0 fully saturated rings. The van der Waals surface area contributed by atoms with E-state index in [-0.39, 0.29) is 16.3 Å². The van der Waals surface area contributed by atoms with Crippen LogP contribution in [0.3, 0.4) is 0 Å². The number of benzene rings is 2. The number of carboxylic acid groups (broad SMARTS) is 1. The Hall–Kier alpha value is -2.79. The van der Waals surface area contributed by atoms with Crippen LogP contribution in [0.5, 0.6) is 5.75 Å². The number of carbonyl (C=O) groups is 1. The summed E-state index contributed by atoms with van der Waals surface area (Å²) in [6.07, 6.45) is 1.83. The average molecular weight is 412 g/mol. The van der Waals surface area contributed by atoms with Gasteiger partial charge in [-0.2, -0.15) is 0 Å². The van der Waals surface area contributed by atoms with Gasteiger partial charge in [-0.15, -0.1) is 11.8 Å². The van der Waals surface area contributed by atoms with Crippen LogP contribution >= 0.6 is 11.8 Å². The number of nitro benzene ring substituents is 1. The van der Waals surface area contributed by atoms with Crippen LogP contribution in [0.25, 0.3) is 0 Å². The highest BCUT2D eigenvalue weighted by molar-refractivity contribution is 7.98. The highest BCUT2D eigenvalue weighted by atomic mass is 32.2. The predicted molar refractivity (Wildman–Crippen MR) is 100 cm³/mol. The molecule has 0 bridgehead atoms. The van der Waals surface area contributed by atoms with Gasteiger partial charge in [-0.25, -0.2) is 8.42 Å². The lowest BCUT2D eigenvalue weighted by atomic mass is 10.2. The zero-order valence-corrected chi connectivity index (χ0v) is 16.0. The van der Waals surface area contributed by atoms with E-state index in [1.54, 1.807) is 12.1 Å². The molecule has 0 aliphatic rings. The van der Waals surface area contributed by atoms with E-state index >= 15 is 0 Å². The molecule has 27 heavy (non-hydrogen) atoms. The Kier molecular flexibility index (Phi) is 6.28. The van der Waals surface area contributed by atoms with E-state index in [4.69, 9.17) is 4.74 Å². The molecule has 0 saturated heterocycles. The van der Waals surface area contributed by atoms with Gasteiger partial charge in [-0.3, -0.25) is 19.2 Å². The largest absolute Gasteiger partial charge is 0.495 e. The number of carboxylic acids is 1. The van der Waals surface area contributed by atoms with Crippen molar-refractivity contribution >= 4 is 39.1 Å². The molecule has 1 N–H and O–H groups in total. The molecule has 9 nitrogen and oxygen atoms in total. The van der Waals surface area contributed by atoms with Gasteiger partial charge in [-0.05, 0) is 36.6 Å². The van der Waals surface area contributed by atoms with Crippen molar-refractivity contribution in [1.29, 1.82) is 0 Å². The molecule has 0 aromatic heterocycles. The fraction of sp³-hybridized carbons (Fsp3) is 0.188. The number of nitrogens with zero attached hydrogens (tertiary/aromatic N) is 2. The monoisotopic (exact) mass is 412 g/mol. The van der Waals surface area contributed by atoms with Crippen LogP contribution in [0, 0.1) is 10.1 Å². The maximum absolute atomic E-state index is 13.0. The van der Waals surface area contributed by atoms with Crippen LogP contribution in [0.2, 0.25) is 0 Å². The molecule has 11 heteroatoms. The predicted octanol–water partition coefficient (Wildman–Crippen LogP) is 2.61. The van der Waals surface area contributed by atoms with Crippen molar-refractivity contribution in [2.75, 3.05) is 24.2 Å². The van der Waals surface area contributed by atoms with Gasteiger partial charge in [0.1, 0.15) is 18.0 Å². The molecule has 0 aliphatic carbocycles. The second kappa shape index (κ2) is 8.27. The molecule has 0 spiro atoms. The lowest BCUT2D eigenvalue weighted by Gasteiger charge is -2.24. The first-order valence-electron chi connectivity index (χ1n) is 7.41. The maximum Gasteiger partial charge on any atom is 0.324 e. The summed E-state index contributed by atoms with van der Waals surface area (Å²) in [6, 6.07) is 9.19. The number of nitro groups is 1. The van der Waals surface area contributed by atoms with Crippen LogP contribution in [-0.4, -0.2) is 44.3 Å². The number of sulfonamides is 1. The van der Waals surface area contributed by atoms with Crippen molar-refractivity contribution < 1.29 is 28.0 Å². The van der Waals surface area contributed by atoms with Crippen molar-refractivity contribution in [2.45, 2.75) is 9.79 Å². The van der Waals surface area contributed by atoms with Gasteiger partial charge in [0.25, 0.3) is 15.7 Å². The molecule has 0 amide bonds. The van der Waals surface area contributed by atoms with Gasteiger partial charge in [-0.1, -0.05) is 0 Å². The number of aliphatic carboxylic acids is 1. The fourth-order valence-corrected chi connectivity index (χ4v) is 4.11. The Morgan fingerprint density at radius 1 is 1.26 bits per heavy atom. The molecule has 0 atom stereocenters. The van der Waals surface area contributed by atoms with Crippen molar-refractivity contribution in [2.24, 2.45) is 0 Å². The van der Waals surface area contributed by atoms with E-state index in [9.17, 15) is 28.4 Å². The van der Waals surface area contributed by atoms with Crippen molar-refractivity contribution in [1.82, 2.24) is 0 Å². The van der Waals surface area contributed by atoms with Gasteiger partial charge < -0.3 is 9.84 Å². The van der Waals surface area contributed by atoms with Crippen LogP contribution < -0.4 is 9.04 Å². The van der Waals surface area contributed by atoms with Gasteiger partial charge in [0.2, 0.25) is 0 Å². The van der Waals surface area contributed by atoms with E-state index in [0.717, 1.165) is 17.0 Å². The Balaban J connectivity index is 2.65. The molecular formula is C16H16N2O7S2. The van der Waals surface area contributed by atoms with Crippen molar-refractivity contribution in [3.8, 4) is 5.75 Å². The number of hydrogen-bond donors (Lipinski definition) is 1. The number of non-ortho nitro benzene ring substituents is 1. The van der Waals surface area contributed by atoms with E-state index in [2.05, 4.69) is 0 Å². The summed E-state index contributed by atoms with van der Waals surface area (Å²) in [5.41, 5.74) is -0.628. The van der Waals surface area contributed by atoms with Crippen molar-refractivity contribution in [3.63, 3.8) is 0 Å². The second-order valence-electron chi connectivity index (χ2n) is 5.19. The lowest BCUT2D eigenvalue weighted by molar-refractivity contribution is -0.384. The number of ether oxygens (including phenoxy) is 1. The third kappa shape index (κ3) is 4.49. The van der Waals surface area contributed by atoms with Crippen LogP contribution in [-0.2, 0) is 14.8 Å². The van der Waals surface area contributed by atoms with E-state index in [1.165, 1.54) is 37.1 Å². The zero-order valence-electron chi connectivity index (χ0n) is 14.4. The van der Waals surface area contributed by atoms with Gasteiger partial charge >= 0.3 is 5.97 Å². The third-order valence-electron chi connectivity index (χ3n) is 3.57. The lowest BCUT2D eigenvalue weighted by Crippen LogP contribution is -2.36. The fourth-order valence-electron chi connectivity index (χ4n) is 2.28. The molecule has 2 aromatic rings. The molecular weight excluding hydrogens is 396 g/mol. The summed E-state index contributed by atoms with van der Waals surface area (Å²) in [5, 5.41) is 20.3. The Bertz CT molecular complexity index is 959. The minimum atomic E-state index is -4.31. The minimum Gasteiger partial charge on any atom is -0.495 e. The highest BCUT2D eigenvalue weighted by Crippen LogP contribution is 2.35. The smallest absolute Gasteiger partial charge is 0.324 e. The summed E-state index contributed by atoms with van der Waals surface area (Å²) in [6.45, 7) is -0.926. The van der Waals surface area contributed by atoms with Crippen molar-refractivity contribution in [3.05, 3.63) is 52.6 Å². The zero-order chi connectivity index (χ0) is 20.2. The number of methoxy groups -OCH3 is 1. The standard InChI is InChI=1S/C16H16N2O7S2/c1-25-15-8-3-11(18(21)22)9-14(15)17(10-16(19)20)27(23,24)13-6-4-12(26-2)5-7-13/h3-9H,10H2,1-2H3,(H,19,20). The summed E-state index contributed by atoms with van der Waals surface area (Å²) < 4.78 is 31.8. The van der Waals surface area contributed by atoms with Gasteiger partial charge in [0.05, 0.1) is 16.9 Å². The molecule has 0 heterocycles. The molecule has 144 valence electrons. The first kappa shape index (κ1) is 20.5. The molecule has 0 unspecified atom stereocenters. The Morgan fingerprint density at radius 2 is 1.89 bits per heavy atom. The SMILES string of the molecule is COc1ccc([N+](=O)[O-])cc1N(CC(=O)O)S(=O)(=O)c1ccc(SC)cc1. The summed E-state index contributed by atoms with van der Waals surface area (Å²) in [4.78, 5) is 22.3. The molecule has 0 aliphatic heterocycles. The number of thioether (sulfide) groups is 1. The summed E-state index contributed by atoms with van der Waals surface area (Å²) in [7, 11) is -3.06. The number of anilines is 1. The molecule has 2 aromatic carbocycles. The van der Waals surface area contributed by atoms with Crippen LogP contribution in [0.1, 0.15) is 0 Å². The van der Waals surface area contributed by atoms with E-state index in [0.29, 0.717) is 4.31 Å². The minimum absolute atomic E-state index is 0.00819. The third-order valence-corrected chi connectivity index (χ3v) is 6.09. The topological polar surface area (TPSA) is 127 Å². The van der Waals surface area contributed by atoms with Crippen LogP contribution in [0.15, 0.2) is 52.3 Å². The van der Waals surface area contributed by atoms with E-state index < -0.39 is 33.1 Å². The summed E-state index contributed by atoms with van der Waals surface area (Å²) in [5.74, 6) is -1.43. The Labute approximate surface area is 159 Å². The number of rotatable bonds is 8. The molecule has 0 radical (unpaired) electrons. The maximum atomic E-state index is 13.0. The van der Waals surface area contributed by atoms with Crippen LogP contribution in [0.4, 0.5) is 11.4 Å². The first-order valence-corrected chi connectivity index (χ1v) is 10.1.